The summed E-state index contributed by atoms with van der Waals surface area (Å²) >= 11 is 0. The molecule has 0 aromatic heterocycles. The van der Waals surface area contributed by atoms with E-state index in [1.54, 1.807) is 4.90 Å². The maximum atomic E-state index is 14.5. The Morgan fingerprint density at radius 2 is 1.84 bits per heavy atom. The number of piperidine rings is 1. The quantitative estimate of drug-likeness (QED) is 0.844. The Bertz CT molecular complexity index is 449. The summed E-state index contributed by atoms with van der Waals surface area (Å²) in [4.78, 5) is 15.0. The van der Waals surface area contributed by atoms with E-state index in [0.717, 1.165) is 25.8 Å². The van der Waals surface area contributed by atoms with Crippen LogP contribution in [-0.4, -0.2) is 54.9 Å². The standard InChI is InChI=1S/C20H35FN2O2/c1-15(2)25-17-8-13-23(14-16(17)21)19(24)18-20(11-12-22-18)9-6-4-3-5-7-10-20/h15-18,22H,3-14H2,1-2H3/t16-,17+,18?/m1/s1. The summed E-state index contributed by atoms with van der Waals surface area (Å²) in [7, 11) is 0. The third-order valence-electron chi connectivity index (χ3n) is 6.42. The Balaban J connectivity index is 1.63. The molecule has 1 amide bonds. The number of alkyl halides is 1. The van der Waals surface area contributed by atoms with Gasteiger partial charge in [0.25, 0.3) is 0 Å². The first kappa shape index (κ1) is 19.1. The molecule has 4 nitrogen and oxygen atoms in total. The van der Waals surface area contributed by atoms with Gasteiger partial charge in [-0.2, -0.15) is 0 Å². The molecule has 3 rings (SSSR count). The van der Waals surface area contributed by atoms with Crippen molar-refractivity contribution in [1.29, 1.82) is 0 Å². The summed E-state index contributed by atoms with van der Waals surface area (Å²) in [5, 5.41) is 3.48. The molecule has 144 valence electrons. The summed E-state index contributed by atoms with van der Waals surface area (Å²) in [5.41, 5.74) is 0.106. The third-order valence-corrected chi connectivity index (χ3v) is 6.42. The molecule has 2 heterocycles. The number of hydrogen-bond acceptors (Lipinski definition) is 3. The number of amides is 1. The van der Waals surface area contributed by atoms with E-state index in [9.17, 15) is 9.18 Å². The highest BCUT2D eigenvalue weighted by Gasteiger charge is 2.48. The van der Waals surface area contributed by atoms with Crippen LogP contribution in [0.2, 0.25) is 0 Å². The van der Waals surface area contributed by atoms with Gasteiger partial charge in [0.15, 0.2) is 0 Å². The van der Waals surface area contributed by atoms with E-state index < -0.39 is 6.17 Å². The third kappa shape index (κ3) is 4.36. The van der Waals surface area contributed by atoms with Crippen LogP contribution in [-0.2, 0) is 9.53 Å². The minimum atomic E-state index is -1.07. The molecule has 3 fully saturated rings. The van der Waals surface area contributed by atoms with Gasteiger partial charge in [0, 0.05) is 6.54 Å². The fourth-order valence-electron chi connectivity index (χ4n) is 5.09. The van der Waals surface area contributed by atoms with E-state index >= 15 is 0 Å². The van der Waals surface area contributed by atoms with E-state index in [-0.39, 0.29) is 36.1 Å². The first-order valence-corrected chi connectivity index (χ1v) is 10.3. The molecule has 1 unspecified atom stereocenters. The van der Waals surface area contributed by atoms with Crippen molar-refractivity contribution < 1.29 is 13.9 Å². The first-order chi connectivity index (χ1) is 12.0. The molecule has 0 radical (unpaired) electrons. The van der Waals surface area contributed by atoms with Gasteiger partial charge < -0.3 is 15.0 Å². The lowest BCUT2D eigenvalue weighted by atomic mass is 9.70. The van der Waals surface area contributed by atoms with Crippen LogP contribution in [0.3, 0.4) is 0 Å². The van der Waals surface area contributed by atoms with Crippen LogP contribution < -0.4 is 5.32 Å². The average Bonchev–Trinajstić information content (AvgIpc) is 2.96. The second kappa shape index (κ2) is 8.34. The predicted molar refractivity (Wildman–Crippen MR) is 97.3 cm³/mol. The highest BCUT2D eigenvalue weighted by molar-refractivity contribution is 5.83. The number of ether oxygens (including phenoxy) is 1. The van der Waals surface area contributed by atoms with Crippen LogP contribution in [0.1, 0.15) is 71.6 Å². The maximum absolute atomic E-state index is 14.5. The summed E-state index contributed by atoms with van der Waals surface area (Å²) in [5.74, 6) is 0.128. The Kier molecular flexibility index (Phi) is 6.37. The molecule has 0 aromatic carbocycles. The van der Waals surface area contributed by atoms with Crippen LogP contribution in [0.25, 0.3) is 0 Å². The molecule has 5 heteroatoms. The van der Waals surface area contributed by atoms with Crippen molar-refractivity contribution in [3.05, 3.63) is 0 Å². The van der Waals surface area contributed by atoms with E-state index in [0.29, 0.717) is 13.0 Å². The molecule has 2 aliphatic heterocycles. The van der Waals surface area contributed by atoms with Gasteiger partial charge in [0.05, 0.1) is 24.8 Å². The zero-order valence-corrected chi connectivity index (χ0v) is 15.9. The van der Waals surface area contributed by atoms with Gasteiger partial charge in [-0.3, -0.25) is 4.79 Å². The van der Waals surface area contributed by atoms with Gasteiger partial charge in [-0.25, -0.2) is 4.39 Å². The van der Waals surface area contributed by atoms with E-state index in [1.165, 1.54) is 32.1 Å². The Labute approximate surface area is 151 Å². The topological polar surface area (TPSA) is 41.6 Å². The molecule has 0 aromatic rings. The minimum absolute atomic E-state index is 0.0280. The summed E-state index contributed by atoms with van der Waals surface area (Å²) in [6, 6.07) is -0.111. The van der Waals surface area contributed by atoms with Crippen LogP contribution in [0.15, 0.2) is 0 Å². The van der Waals surface area contributed by atoms with Crippen LogP contribution >= 0.6 is 0 Å². The Morgan fingerprint density at radius 1 is 1.16 bits per heavy atom. The lowest BCUT2D eigenvalue weighted by Gasteiger charge is -2.41. The minimum Gasteiger partial charge on any atom is -0.372 e. The molecular formula is C20H35FN2O2. The first-order valence-electron chi connectivity index (χ1n) is 10.3. The van der Waals surface area contributed by atoms with Crippen LogP contribution in [0, 0.1) is 5.41 Å². The Hall–Kier alpha value is -0.680. The molecule has 3 atom stereocenters. The van der Waals surface area contributed by atoms with Gasteiger partial charge in [0.1, 0.15) is 6.17 Å². The number of rotatable bonds is 3. The van der Waals surface area contributed by atoms with Crippen molar-refractivity contribution in [2.75, 3.05) is 19.6 Å². The van der Waals surface area contributed by atoms with Crippen molar-refractivity contribution in [3.63, 3.8) is 0 Å². The molecule has 1 saturated carbocycles. The molecule has 25 heavy (non-hydrogen) atoms. The SMILES string of the molecule is CC(C)O[C@H]1CCN(C(=O)C2NCCC23CCCCCCC3)C[C@H]1F. The number of likely N-dealkylation sites (tertiary alicyclic amines) is 1. The maximum Gasteiger partial charge on any atom is 0.240 e. The fraction of sp³-hybridized carbons (Fsp3) is 0.950. The van der Waals surface area contributed by atoms with Gasteiger partial charge in [-0.15, -0.1) is 0 Å². The smallest absolute Gasteiger partial charge is 0.240 e. The van der Waals surface area contributed by atoms with E-state index in [4.69, 9.17) is 4.74 Å². The van der Waals surface area contributed by atoms with Gasteiger partial charge in [-0.05, 0) is 51.5 Å². The molecule has 3 aliphatic rings. The number of nitrogens with one attached hydrogen (secondary N) is 1. The predicted octanol–water partition coefficient (Wildman–Crippen LogP) is 3.44. The number of carbonyl (C=O) groups is 1. The van der Waals surface area contributed by atoms with Crippen molar-refractivity contribution in [1.82, 2.24) is 10.2 Å². The van der Waals surface area contributed by atoms with Crippen LogP contribution in [0.4, 0.5) is 4.39 Å². The second-order valence-corrected chi connectivity index (χ2v) is 8.58. The highest BCUT2D eigenvalue weighted by atomic mass is 19.1. The lowest BCUT2D eigenvalue weighted by Crippen LogP contribution is -2.56. The van der Waals surface area contributed by atoms with Crippen molar-refractivity contribution >= 4 is 5.91 Å². The highest BCUT2D eigenvalue weighted by Crippen LogP contribution is 2.44. The number of hydrogen-bond donors (Lipinski definition) is 1. The fourth-order valence-corrected chi connectivity index (χ4v) is 5.09. The number of nitrogens with zero attached hydrogens (tertiary/aromatic N) is 1. The van der Waals surface area contributed by atoms with Gasteiger partial charge in [-0.1, -0.05) is 32.1 Å². The number of halogens is 1. The van der Waals surface area contributed by atoms with E-state index in [2.05, 4.69) is 5.32 Å². The molecule has 2 saturated heterocycles. The summed E-state index contributed by atoms with van der Waals surface area (Å²) in [6.07, 6.45) is 8.91. The average molecular weight is 355 g/mol. The largest absolute Gasteiger partial charge is 0.372 e. The van der Waals surface area contributed by atoms with Gasteiger partial charge in [0.2, 0.25) is 5.91 Å². The molecule has 1 spiro atoms. The number of carbonyl (C=O) groups excluding carboxylic acids is 1. The molecule has 1 N–H and O–H groups in total. The van der Waals surface area contributed by atoms with Crippen molar-refractivity contribution in [2.45, 2.75) is 96.1 Å². The zero-order chi connectivity index (χ0) is 17.9. The molecule has 0 bridgehead atoms. The lowest BCUT2D eigenvalue weighted by molar-refractivity contribution is -0.143. The second-order valence-electron chi connectivity index (χ2n) is 8.58. The monoisotopic (exact) mass is 354 g/mol. The Morgan fingerprint density at radius 3 is 2.48 bits per heavy atom. The van der Waals surface area contributed by atoms with Gasteiger partial charge >= 0.3 is 0 Å². The molecule has 1 aliphatic carbocycles. The van der Waals surface area contributed by atoms with Crippen molar-refractivity contribution in [3.8, 4) is 0 Å². The zero-order valence-electron chi connectivity index (χ0n) is 15.9. The van der Waals surface area contributed by atoms with E-state index in [1.807, 2.05) is 13.8 Å². The summed E-state index contributed by atoms with van der Waals surface area (Å²) < 4.78 is 20.2. The molecular weight excluding hydrogens is 319 g/mol. The summed E-state index contributed by atoms with van der Waals surface area (Å²) in [6.45, 7) is 5.59. The normalized spacial score (nSPS) is 33.4. The van der Waals surface area contributed by atoms with Crippen LogP contribution in [0.5, 0.6) is 0 Å². The van der Waals surface area contributed by atoms with Crippen molar-refractivity contribution in [2.24, 2.45) is 5.41 Å².